The van der Waals surface area contributed by atoms with Crippen molar-refractivity contribution in [2.24, 2.45) is 12.8 Å². The lowest BCUT2D eigenvalue weighted by Crippen LogP contribution is -2.04. The fraction of sp³-hybridized carbons (Fsp3) is 0.429. The first-order chi connectivity index (χ1) is 9.01. The summed E-state index contributed by atoms with van der Waals surface area (Å²) in [6.45, 7) is 6.78. The van der Waals surface area contributed by atoms with Gasteiger partial charge in [0.1, 0.15) is 10.1 Å². The van der Waals surface area contributed by atoms with Gasteiger partial charge in [-0.2, -0.15) is 5.10 Å². The minimum absolute atomic E-state index is 0.639. The molecule has 0 spiro atoms. The largest absolute Gasteiger partial charge is 0.330 e. The Balaban J connectivity index is 2.37. The van der Waals surface area contributed by atoms with Crippen molar-refractivity contribution < 1.29 is 0 Å². The molecule has 2 rings (SSSR count). The van der Waals surface area contributed by atoms with E-state index in [1.165, 1.54) is 11.1 Å². The summed E-state index contributed by atoms with van der Waals surface area (Å²) < 4.78 is 1.92. The number of hydrogen-bond donors (Lipinski definition) is 1. The van der Waals surface area contributed by atoms with Gasteiger partial charge in [0.25, 0.3) is 0 Å². The Kier molecular flexibility index (Phi) is 4.27. The molecular formula is C14H20N4S. The Bertz CT molecular complexity index is 569. The van der Waals surface area contributed by atoms with Gasteiger partial charge in [-0.1, -0.05) is 11.8 Å². The zero-order valence-electron chi connectivity index (χ0n) is 11.9. The summed E-state index contributed by atoms with van der Waals surface area (Å²) >= 11 is 1.66. The van der Waals surface area contributed by atoms with Gasteiger partial charge in [0.05, 0.1) is 5.69 Å². The highest BCUT2D eigenvalue weighted by Gasteiger charge is 2.14. The van der Waals surface area contributed by atoms with Crippen LogP contribution in [0.25, 0.3) is 0 Å². The number of hydrogen-bond acceptors (Lipinski definition) is 4. The zero-order valence-corrected chi connectivity index (χ0v) is 12.7. The Hall–Kier alpha value is -1.33. The molecule has 0 aliphatic heterocycles. The van der Waals surface area contributed by atoms with E-state index >= 15 is 0 Å². The van der Waals surface area contributed by atoms with Crippen LogP contribution < -0.4 is 5.73 Å². The van der Waals surface area contributed by atoms with Gasteiger partial charge in [0.2, 0.25) is 0 Å². The lowest BCUT2D eigenvalue weighted by atomic mass is 10.2. The van der Waals surface area contributed by atoms with Crippen LogP contribution in [-0.2, 0) is 13.5 Å². The van der Waals surface area contributed by atoms with Crippen LogP contribution in [0.5, 0.6) is 0 Å². The van der Waals surface area contributed by atoms with Gasteiger partial charge in [-0.25, -0.2) is 4.98 Å². The van der Waals surface area contributed by atoms with Crippen LogP contribution >= 0.6 is 11.8 Å². The molecule has 2 aromatic rings. The van der Waals surface area contributed by atoms with Crippen LogP contribution in [0.3, 0.4) is 0 Å². The van der Waals surface area contributed by atoms with Gasteiger partial charge in [-0.05, 0) is 51.4 Å². The first-order valence-corrected chi connectivity index (χ1v) is 7.18. The summed E-state index contributed by atoms with van der Waals surface area (Å²) in [5, 5.41) is 6.64. The smallest absolute Gasteiger partial charge is 0.103 e. The molecule has 0 atom stereocenters. The molecule has 0 bridgehead atoms. The monoisotopic (exact) mass is 276 g/mol. The number of nitrogens with zero attached hydrogens (tertiary/aromatic N) is 3. The van der Waals surface area contributed by atoms with Gasteiger partial charge in [0, 0.05) is 18.3 Å². The van der Waals surface area contributed by atoms with E-state index in [9.17, 15) is 0 Å². The van der Waals surface area contributed by atoms with E-state index in [0.717, 1.165) is 27.9 Å². The third-order valence-electron chi connectivity index (χ3n) is 2.96. The lowest BCUT2D eigenvalue weighted by Gasteiger charge is -2.07. The molecule has 19 heavy (non-hydrogen) atoms. The number of nitrogens with two attached hydrogens (primary N) is 1. The first-order valence-electron chi connectivity index (χ1n) is 6.37. The highest BCUT2D eigenvalue weighted by atomic mass is 32.2. The molecule has 4 nitrogen and oxygen atoms in total. The second kappa shape index (κ2) is 5.75. The maximum absolute atomic E-state index is 5.69. The van der Waals surface area contributed by atoms with Crippen molar-refractivity contribution in [3.8, 4) is 0 Å². The van der Waals surface area contributed by atoms with Gasteiger partial charge in [-0.15, -0.1) is 0 Å². The fourth-order valence-electron chi connectivity index (χ4n) is 2.20. The Morgan fingerprint density at radius 1 is 1.26 bits per heavy atom. The van der Waals surface area contributed by atoms with Crippen molar-refractivity contribution in [1.82, 2.24) is 14.8 Å². The Morgan fingerprint density at radius 2 is 2.00 bits per heavy atom. The Labute approximate surface area is 118 Å². The molecule has 2 N–H and O–H groups in total. The van der Waals surface area contributed by atoms with Crippen LogP contribution in [0.15, 0.2) is 22.2 Å². The van der Waals surface area contributed by atoms with E-state index in [0.29, 0.717) is 6.54 Å². The highest BCUT2D eigenvalue weighted by Crippen LogP contribution is 2.31. The lowest BCUT2D eigenvalue weighted by molar-refractivity contribution is 0.687. The van der Waals surface area contributed by atoms with Crippen molar-refractivity contribution >= 4 is 11.8 Å². The van der Waals surface area contributed by atoms with E-state index in [-0.39, 0.29) is 0 Å². The number of rotatable bonds is 4. The van der Waals surface area contributed by atoms with Gasteiger partial charge < -0.3 is 5.73 Å². The second-order valence-corrected chi connectivity index (χ2v) is 5.77. The second-order valence-electron chi connectivity index (χ2n) is 4.76. The van der Waals surface area contributed by atoms with Crippen molar-refractivity contribution in [2.75, 3.05) is 6.54 Å². The van der Waals surface area contributed by atoms with Crippen LogP contribution in [0.1, 0.15) is 22.5 Å². The minimum atomic E-state index is 0.639. The predicted octanol–water partition coefficient (Wildman–Crippen LogP) is 2.39. The van der Waals surface area contributed by atoms with Gasteiger partial charge >= 0.3 is 0 Å². The zero-order chi connectivity index (χ0) is 14.0. The van der Waals surface area contributed by atoms with Crippen molar-refractivity contribution in [1.29, 1.82) is 0 Å². The average Bonchev–Trinajstić information content (AvgIpc) is 2.55. The van der Waals surface area contributed by atoms with Crippen molar-refractivity contribution in [3.05, 3.63) is 34.6 Å². The van der Waals surface area contributed by atoms with Gasteiger partial charge in [0.15, 0.2) is 0 Å². The number of aryl methyl sites for hydroxylation is 4. The molecule has 0 radical (unpaired) electrons. The molecule has 102 valence electrons. The van der Waals surface area contributed by atoms with E-state index in [1.807, 2.05) is 25.6 Å². The van der Waals surface area contributed by atoms with Crippen LogP contribution in [0.2, 0.25) is 0 Å². The minimum Gasteiger partial charge on any atom is -0.330 e. The van der Waals surface area contributed by atoms with Crippen LogP contribution in [-0.4, -0.2) is 21.3 Å². The van der Waals surface area contributed by atoms with E-state index in [2.05, 4.69) is 29.1 Å². The molecule has 0 aromatic carbocycles. The molecule has 2 aromatic heterocycles. The summed E-state index contributed by atoms with van der Waals surface area (Å²) in [7, 11) is 1.97. The van der Waals surface area contributed by atoms with Crippen molar-refractivity contribution in [3.63, 3.8) is 0 Å². The van der Waals surface area contributed by atoms with Crippen molar-refractivity contribution in [2.45, 2.75) is 37.2 Å². The maximum Gasteiger partial charge on any atom is 0.103 e. The Morgan fingerprint density at radius 3 is 2.63 bits per heavy atom. The third-order valence-corrected chi connectivity index (χ3v) is 4.08. The summed E-state index contributed by atoms with van der Waals surface area (Å²) in [6, 6.07) is 4.19. The van der Waals surface area contributed by atoms with Gasteiger partial charge in [-0.3, -0.25) is 4.68 Å². The molecule has 2 heterocycles. The first kappa shape index (κ1) is 14.1. The molecular weight excluding hydrogens is 256 g/mol. The third kappa shape index (κ3) is 3.16. The molecule has 0 unspecified atom stereocenters. The predicted molar refractivity (Wildman–Crippen MR) is 78.5 cm³/mol. The normalized spacial score (nSPS) is 11.0. The molecule has 0 fully saturated rings. The maximum atomic E-state index is 5.69. The molecule has 0 aliphatic rings. The quantitative estimate of drug-likeness (QED) is 0.931. The van der Waals surface area contributed by atoms with Crippen LogP contribution in [0, 0.1) is 20.8 Å². The van der Waals surface area contributed by atoms with E-state index in [1.54, 1.807) is 11.8 Å². The summed E-state index contributed by atoms with van der Waals surface area (Å²) in [5.74, 6) is 0. The molecule has 0 aliphatic carbocycles. The molecule has 5 heteroatoms. The summed E-state index contributed by atoms with van der Waals surface area (Å²) in [5.41, 5.74) is 10.2. The molecule has 0 amide bonds. The van der Waals surface area contributed by atoms with E-state index < -0.39 is 0 Å². The summed E-state index contributed by atoms with van der Waals surface area (Å²) in [4.78, 5) is 4.57. The summed E-state index contributed by atoms with van der Waals surface area (Å²) in [6.07, 6.45) is 0.854. The molecule has 0 saturated heterocycles. The fourth-order valence-corrected chi connectivity index (χ4v) is 3.37. The average molecular weight is 276 g/mol. The standard InChI is InChI=1S/C14H20N4S/c1-9-7-10(2)16-13(8-9)19-14-12(5-6-15)11(3)17-18(14)4/h7-8H,5-6,15H2,1-4H3. The van der Waals surface area contributed by atoms with Crippen LogP contribution in [0.4, 0.5) is 0 Å². The SMILES string of the molecule is Cc1cc(C)nc(Sc2c(CCN)c(C)nn2C)c1. The topological polar surface area (TPSA) is 56.7 Å². The molecule has 0 saturated carbocycles. The van der Waals surface area contributed by atoms with E-state index in [4.69, 9.17) is 5.73 Å². The number of aromatic nitrogens is 3. The highest BCUT2D eigenvalue weighted by molar-refractivity contribution is 7.99. The number of pyridine rings is 1.